The summed E-state index contributed by atoms with van der Waals surface area (Å²) in [5.74, 6) is 2.61. The van der Waals surface area contributed by atoms with Gasteiger partial charge in [0.15, 0.2) is 5.96 Å². The molecule has 3 unspecified atom stereocenters. The Hall–Kier alpha value is -0.280. The molecule has 1 saturated carbocycles. The highest BCUT2D eigenvalue weighted by molar-refractivity contribution is 14.0. The predicted octanol–water partition coefficient (Wildman–Crippen LogP) is 4.03. The molecule has 2 N–H and O–H groups in total. The number of benzene rings is 1. The molecule has 4 nitrogen and oxygen atoms in total. The molecule has 0 saturated heterocycles. The van der Waals surface area contributed by atoms with Crippen molar-refractivity contribution in [2.75, 3.05) is 24.6 Å². The van der Waals surface area contributed by atoms with Crippen LogP contribution in [0.15, 0.2) is 40.2 Å². The SMILES string of the molecule is CCNC(=NCCS(=O)c1ccccc1)NC1CCCC(SCC)C1.I. The van der Waals surface area contributed by atoms with Crippen LogP contribution in [-0.2, 0) is 10.8 Å². The lowest BCUT2D eigenvalue weighted by atomic mass is 9.95. The van der Waals surface area contributed by atoms with E-state index >= 15 is 0 Å². The Bertz CT molecular complexity index is 555. The number of rotatable bonds is 8. The smallest absolute Gasteiger partial charge is 0.191 e. The van der Waals surface area contributed by atoms with Crippen molar-refractivity contribution >= 4 is 52.5 Å². The van der Waals surface area contributed by atoms with Crippen LogP contribution in [0, 0.1) is 0 Å². The van der Waals surface area contributed by atoms with Crippen LogP contribution in [0.3, 0.4) is 0 Å². The largest absolute Gasteiger partial charge is 0.357 e. The van der Waals surface area contributed by atoms with Crippen LogP contribution in [0.1, 0.15) is 39.5 Å². The second kappa shape index (κ2) is 13.8. The summed E-state index contributed by atoms with van der Waals surface area (Å²) in [6, 6.07) is 10.1. The van der Waals surface area contributed by atoms with E-state index in [4.69, 9.17) is 0 Å². The molecule has 148 valence electrons. The zero-order chi connectivity index (χ0) is 17.9. The molecule has 0 bridgehead atoms. The Morgan fingerprint density at radius 1 is 1.27 bits per heavy atom. The summed E-state index contributed by atoms with van der Waals surface area (Å²) in [6.07, 6.45) is 5.03. The molecule has 1 fully saturated rings. The highest BCUT2D eigenvalue weighted by Crippen LogP contribution is 2.28. The highest BCUT2D eigenvalue weighted by atomic mass is 127. The van der Waals surface area contributed by atoms with Crippen molar-refractivity contribution in [2.45, 2.75) is 55.7 Å². The number of aliphatic imine (C=N–C) groups is 1. The van der Waals surface area contributed by atoms with Gasteiger partial charge < -0.3 is 10.6 Å². The first-order valence-electron chi connectivity index (χ1n) is 9.32. The lowest BCUT2D eigenvalue weighted by molar-refractivity contribution is 0.419. The molecule has 7 heteroatoms. The number of nitrogens with zero attached hydrogens (tertiary/aromatic N) is 1. The highest BCUT2D eigenvalue weighted by Gasteiger charge is 2.22. The van der Waals surface area contributed by atoms with Crippen LogP contribution < -0.4 is 10.6 Å². The first kappa shape index (κ1) is 23.8. The Morgan fingerprint density at radius 2 is 2.04 bits per heavy atom. The van der Waals surface area contributed by atoms with Gasteiger partial charge in [0, 0.05) is 28.5 Å². The van der Waals surface area contributed by atoms with Crippen molar-refractivity contribution in [1.29, 1.82) is 0 Å². The predicted molar refractivity (Wildman–Crippen MR) is 126 cm³/mol. The molecule has 0 spiro atoms. The summed E-state index contributed by atoms with van der Waals surface area (Å²) in [5, 5.41) is 7.68. The van der Waals surface area contributed by atoms with Gasteiger partial charge in [0.1, 0.15) is 0 Å². The monoisotopic (exact) mass is 509 g/mol. The van der Waals surface area contributed by atoms with E-state index < -0.39 is 10.8 Å². The third kappa shape index (κ3) is 8.61. The second-order valence-electron chi connectivity index (χ2n) is 6.21. The maximum atomic E-state index is 12.3. The zero-order valence-corrected chi connectivity index (χ0v) is 19.7. The van der Waals surface area contributed by atoms with Crippen molar-refractivity contribution in [3.63, 3.8) is 0 Å². The van der Waals surface area contributed by atoms with Crippen LogP contribution in [-0.4, -0.2) is 46.1 Å². The fraction of sp³-hybridized carbons (Fsp3) is 0.632. The molecule has 26 heavy (non-hydrogen) atoms. The molecule has 1 aromatic carbocycles. The molecule has 1 aliphatic rings. The van der Waals surface area contributed by atoms with Crippen molar-refractivity contribution in [3.05, 3.63) is 30.3 Å². The first-order chi connectivity index (χ1) is 12.2. The minimum Gasteiger partial charge on any atom is -0.357 e. The van der Waals surface area contributed by atoms with E-state index in [1.807, 2.05) is 30.3 Å². The van der Waals surface area contributed by atoms with Gasteiger partial charge in [0.05, 0.1) is 17.3 Å². The summed E-state index contributed by atoms with van der Waals surface area (Å²) in [6.45, 7) is 5.72. The fourth-order valence-corrected chi connectivity index (χ4v) is 5.23. The quantitative estimate of drug-likeness (QED) is 0.316. The van der Waals surface area contributed by atoms with Gasteiger partial charge in [-0.2, -0.15) is 11.8 Å². The van der Waals surface area contributed by atoms with Gasteiger partial charge in [-0.15, -0.1) is 24.0 Å². The van der Waals surface area contributed by atoms with Gasteiger partial charge in [-0.05, 0) is 44.1 Å². The van der Waals surface area contributed by atoms with E-state index in [0.29, 0.717) is 18.3 Å². The number of guanidine groups is 1. The lowest BCUT2D eigenvalue weighted by Gasteiger charge is -2.30. The molecule has 0 heterocycles. The minimum atomic E-state index is -0.985. The lowest BCUT2D eigenvalue weighted by Crippen LogP contribution is -2.45. The number of thioether (sulfide) groups is 1. The van der Waals surface area contributed by atoms with Gasteiger partial charge in [0.25, 0.3) is 0 Å². The van der Waals surface area contributed by atoms with E-state index in [-0.39, 0.29) is 24.0 Å². The molecule has 0 aliphatic heterocycles. The van der Waals surface area contributed by atoms with Gasteiger partial charge >= 0.3 is 0 Å². The summed E-state index contributed by atoms with van der Waals surface area (Å²) >= 11 is 2.08. The molecule has 3 atom stereocenters. The first-order valence-corrected chi connectivity index (χ1v) is 11.7. The van der Waals surface area contributed by atoms with Crippen molar-refractivity contribution in [1.82, 2.24) is 10.6 Å². The van der Waals surface area contributed by atoms with Gasteiger partial charge in [-0.1, -0.05) is 31.5 Å². The van der Waals surface area contributed by atoms with E-state index in [0.717, 1.165) is 22.6 Å². The van der Waals surface area contributed by atoms with Crippen LogP contribution >= 0.6 is 35.7 Å². The number of nitrogens with one attached hydrogen (secondary N) is 2. The third-order valence-electron chi connectivity index (χ3n) is 4.27. The molecule has 0 amide bonds. The van der Waals surface area contributed by atoms with E-state index in [2.05, 4.69) is 41.2 Å². The van der Waals surface area contributed by atoms with Crippen molar-refractivity contribution in [3.8, 4) is 0 Å². The normalized spacial score (nSPS) is 21.5. The number of hydrogen-bond donors (Lipinski definition) is 2. The summed E-state index contributed by atoms with van der Waals surface area (Å²) in [5.41, 5.74) is 0. The average Bonchev–Trinajstić information content (AvgIpc) is 2.63. The van der Waals surface area contributed by atoms with Crippen molar-refractivity contribution in [2.24, 2.45) is 4.99 Å². The van der Waals surface area contributed by atoms with Crippen LogP contribution in [0.25, 0.3) is 0 Å². The number of hydrogen-bond acceptors (Lipinski definition) is 3. The van der Waals surface area contributed by atoms with E-state index in [1.54, 1.807) is 0 Å². The molecule has 1 aromatic rings. The Kier molecular flexibility index (Phi) is 12.6. The molecule has 0 radical (unpaired) electrons. The van der Waals surface area contributed by atoms with Crippen molar-refractivity contribution < 1.29 is 4.21 Å². The zero-order valence-electron chi connectivity index (χ0n) is 15.8. The fourth-order valence-electron chi connectivity index (χ4n) is 3.11. The maximum Gasteiger partial charge on any atom is 0.191 e. The van der Waals surface area contributed by atoms with Crippen LogP contribution in [0.5, 0.6) is 0 Å². The van der Waals surface area contributed by atoms with Crippen LogP contribution in [0.2, 0.25) is 0 Å². The second-order valence-corrected chi connectivity index (χ2v) is 9.36. The summed E-state index contributed by atoms with van der Waals surface area (Å²) in [4.78, 5) is 5.52. The molecular weight excluding hydrogens is 477 g/mol. The van der Waals surface area contributed by atoms with E-state index in [1.165, 1.54) is 31.4 Å². The topological polar surface area (TPSA) is 53.5 Å². The molecular formula is C19H32IN3OS2. The Balaban J connectivity index is 0.00000338. The van der Waals surface area contributed by atoms with Gasteiger partial charge in [-0.25, -0.2) is 0 Å². The van der Waals surface area contributed by atoms with Gasteiger partial charge in [0.2, 0.25) is 0 Å². The minimum absolute atomic E-state index is 0. The Labute approximate surface area is 182 Å². The average molecular weight is 510 g/mol. The van der Waals surface area contributed by atoms with Gasteiger partial charge in [-0.3, -0.25) is 9.20 Å². The number of halogens is 1. The van der Waals surface area contributed by atoms with E-state index in [9.17, 15) is 4.21 Å². The molecule has 1 aliphatic carbocycles. The summed E-state index contributed by atoms with van der Waals surface area (Å²) < 4.78 is 12.3. The standard InChI is InChI=1S/C19H31N3OS2.HI/c1-3-20-19(22-16-9-8-10-17(15-16)24-4-2)21-13-14-25(23)18-11-6-5-7-12-18;/h5-7,11-12,16-17H,3-4,8-10,13-15H2,1-2H3,(H2,20,21,22);1H. The molecule has 0 aromatic heterocycles. The molecule has 2 rings (SSSR count). The Morgan fingerprint density at radius 3 is 2.73 bits per heavy atom. The summed E-state index contributed by atoms with van der Waals surface area (Å²) in [7, 11) is -0.985. The third-order valence-corrected chi connectivity index (χ3v) is 6.85. The van der Waals surface area contributed by atoms with Crippen LogP contribution in [0.4, 0.5) is 0 Å². The maximum absolute atomic E-state index is 12.3.